The van der Waals surface area contributed by atoms with Crippen LogP contribution in [-0.2, 0) is 13.6 Å². The smallest absolute Gasteiger partial charge is 0.261 e. The summed E-state index contributed by atoms with van der Waals surface area (Å²) in [4.78, 5) is 17.1. The molecule has 22 heavy (non-hydrogen) atoms. The van der Waals surface area contributed by atoms with Crippen LogP contribution in [-0.4, -0.2) is 9.55 Å². The van der Waals surface area contributed by atoms with Crippen molar-refractivity contribution in [3.63, 3.8) is 0 Å². The van der Waals surface area contributed by atoms with Gasteiger partial charge in [0.15, 0.2) is 11.6 Å². The summed E-state index contributed by atoms with van der Waals surface area (Å²) >= 11 is 6.00. The molecule has 114 valence electrons. The van der Waals surface area contributed by atoms with E-state index >= 15 is 0 Å². The lowest BCUT2D eigenvalue weighted by Crippen LogP contribution is -2.83. The Morgan fingerprint density at radius 1 is 1.41 bits per heavy atom. The first kappa shape index (κ1) is 14.8. The molecule has 0 radical (unpaired) electrons. The minimum absolute atomic E-state index is 0.0196. The fraction of sp³-hybridized carbons (Fsp3) is 0.250. The maximum absolute atomic E-state index is 12.4. The molecule has 3 rings (SSSR count). The number of nitrogens with two attached hydrogens (primary N) is 1. The molecule has 0 saturated heterocycles. The van der Waals surface area contributed by atoms with Crippen molar-refractivity contribution < 1.29 is 9.73 Å². The van der Waals surface area contributed by atoms with Crippen LogP contribution in [0.25, 0.3) is 10.9 Å². The third kappa shape index (κ3) is 2.77. The second-order valence-electron chi connectivity index (χ2n) is 5.30. The van der Waals surface area contributed by atoms with E-state index < -0.39 is 0 Å². The Hall–Kier alpha value is -2.11. The SMILES string of the molecule is C[C@@H]([NH2+]Cc1ccco1)c1nc2cc(Cl)ccc2c(=O)n1C. The van der Waals surface area contributed by atoms with E-state index in [1.807, 2.05) is 19.1 Å². The number of rotatable bonds is 4. The predicted octanol–water partition coefficient (Wildman–Crippen LogP) is 2.00. The Bertz CT molecular complexity index is 856. The van der Waals surface area contributed by atoms with Crippen molar-refractivity contribution in [2.75, 3.05) is 0 Å². The summed E-state index contributed by atoms with van der Waals surface area (Å²) in [6.07, 6.45) is 1.65. The van der Waals surface area contributed by atoms with E-state index in [9.17, 15) is 4.79 Å². The molecular formula is C16H17ClN3O2+. The average molecular weight is 319 g/mol. The van der Waals surface area contributed by atoms with Crippen LogP contribution in [0.3, 0.4) is 0 Å². The molecule has 5 nitrogen and oxygen atoms in total. The minimum Gasteiger partial charge on any atom is -0.463 e. The number of halogens is 1. The zero-order valence-corrected chi connectivity index (χ0v) is 13.2. The summed E-state index contributed by atoms with van der Waals surface area (Å²) in [6, 6.07) is 8.95. The normalized spacial score (nSPS) is 12.7. The molecule has 0 aliphatic heterocycles. The van der Waals surface area contributed by atoms with Gasteiger partial charge in [-0.2, -0.15) is 0 Å². The van der Waals surface area contributed by atoms with Crippen molar-refractivity contribution in [1.29, 1.82) is 0 Å². The number of hydrogen-bond acceptors (Lipinski definition) is 3. The van der Waals surface area contributed by atoms with Gasteiger partial charge in [-0.25, -0.2) is 4.98 Å². The van der Waals surface area contributed by atoms with E-state index in [2.05, 4.69) is 10.3 Å². The van der Waals surface area contributed by atoms with E-state index in [1.165, 1.54) is 0 Å². The molecule has 0 aliphatic carbocycles. The fourth-order valence-electron chi connectivity index (χ4n) is 2.50. The number of quaternary nitrogens is 1. The molecule has 6 heteroatoms. The molecule has 0 amide bonds. The average Bonchev–Trinajstić information content (AvgIpc) is 3.01. The topological polar surface area (TPSA) is 64.6 Å². The Balaban J connectivity index is 1.95. The van der Waals surface area contributed by atoms with Crippen molar-refractivity contribution in [1.82, 2.24) is 9.55 Å². The molecule has 0 saturated carbocycles. The van der Waals surface area contributed by atoms with Gasteiger partial charge in [0, 0.05) is 12.1 Å². The zero-order valence-electron chi connectivity index (χ0n) is 12.4. The molecule has 2 N–H and O–H groups in total. The van der Waals surface area contributed by atoms with Crippen LogP contribution in [0.1, 0.15) is 24.6 Å². The lowest BCUT2D eigenvalue weighted by molar-refractivity contribution is -0.710. The number of benzene rings is 1. The predicted molar refractivity (Wildman–Crippen MR) is 84.7 cm³/mol. The first-order chi connectivity index (χ1) is 10.6. The zero-order chi connectivity index (χ0) is 15.7. The van der Waals surface area contributed by atoms with Crippen molar-refractivity contribution in [3.8, 4) is 0 Å². The lowest BCUT2D eigenvalue weighted by Gasteiger charge is -2.14. The van der Waals surface area contributed by atoms with Gasteiger partial charge in [-0.1, -0.05) is 11.6 Å². The highest BCUT2D eigenvalue weighted by Crippen LogP contribution is 2.16. The van der Waals surface area contributed by atoms with Gasteiger partial charge in [0.25, 0.3) is 5.56 Å². The van der Waals surface area contributed by atoms with Gasteiger partial charge < -0.3 is 9.73 Å². The Morgan fingerprint density at radius 3 is 2.95 bits per heavy atom. The molecule has 3 aromatic rings. The fourth-order valence-corrected chi connectivity index (χ4v) is 2.66. The second kappa shape index (κ2) is 5.94. The number of hydrogen-bond donors (Lipinski definition) is 1. The maximum Gasteiger partial charge on any atom is 0.261 e. The highest BCUT2D eigenvalue weighted by molar-refractivity contribution is 6.31. The van der Waals surface area contributed by atoms with Crippen molar-refractivity contribution in [3.05, 3.63) is 63.6 Å². The summed E-state index contributed by atoms with van der Waals surface area (Å²) in [7, 11) is 1.75. The molecule has 2 aromatic heterocycles. The number of aromatic nitrogens is 2. The van der Waals surface area contributed by atoms with Crippen LogP contribution in [0, 0.1) is 0 Å². The van der Waals surface area contributed by atoms with Gasteiger partial charge in [-0.15, -0.1) is 0 Å². The van der Waals surface area contributed by atoms with Gasteiger partial charge >= 0.3 is 0 Å². The van der Waals surface area contributed by atoms with Crippen LogP contribution < -0.4 is 10.9 Å². The van der Waals surface area contributed by atoms with Gasteiger partial charge in [0.05, 0.1) is 17.2 Å². The van der Waals surface area contributed by atoms with Gasteiger partial charge in [-0.05, 0) is 37.3 Å². The van der Waals surface area contributed by atoms with Gasteiger partial charge in [0.2, 0.25) is 0 Å². The summed E-state index contributed by atoms with van der Waals surface area (Å²) in [5.41, 5.74) is 0.568. The molecule has 1 atom stereocenters. The molecule has 2 heterocycles. The van der Waals surface area contributed by atoms with E-state index in [4.69, 9.17) is 16.0 Å². The first-order valence-electron chi connectivity index (χ1n) is 7.08. The molecule has 0 bridgehead atoms. The maximum atomic E-state index is 12.4. The number of fused-ring (bicyclic) bond motifs is 1. The van der Waals surface area contributed by atoms with Crippen molar-refractivity contribution in [2.45, 2.75) is 19.5 Å². The van der Waals surface area contributed by atoms with E-state index in [0.29, 0.717) is 28.3 Å². The van der Waals surface area contributed by atoms with Gasteiger partial charge in [0.1, 0.15) is 12.6 Å². The largest absolute Gasteiger partial charge is 0.463 e. The number of nitrogens with zero attached hydrogens (tertiary/aromatic N) is 2. The standard InChI is InChI=1S/C16H16ClN3O2/c1-10(18-9-12-4-3-7-22-12)15-19-14-8-11(17)5-6-13(14)16(21)20(15)2/h3-8,10,18H,9H2,1-2H3/p+1/t10-/m1/s1. The van der Waals surface area contributed by atoms with E-state index in [1.54, 1.807) is 36.1 Å². The van der Waals surface area contributed by atoms with E-state index in [-0.39, 0.29) is 11.6 Å². The quantitative estimate of drug-likeness (QED) is 0.800. The Kier molecular flexibility index (Phi) is 4.00. The van der Waals surface area contributed by atoms with Crippen LogP contribution in [0.5, 0.6) is 0 Å². The third-order valence-corrected chi connectivity index (χ3v) is 3.97. The molecular weight excluding hydrogens is 302 g/mol. The molecule has 0 unspecified atom stereocenters. The summed E-state index contributed by atoms with van der Waals surface area (Å²) < 4.78 is 6.92. The highest BCUT2D eigenvalue weighted by Gasteiger charge is 2.17. The van der Waals surface area contributed by atoms with Gasteiger partial charge in [-0.3, -0.25) is 9.36 Å². The third-order valence-electron chi connectivity index (χ3n) is 3.73. The summed E-state index contributed by atoms with van der Waals surface area (Å²) in [5, 5.41) is 3.23. The monoisotopic (exact) mass is 318 g/mol. The Morgan fingerprint density at radius 2 is 2.23 bits per heavy atom. The summed E-state index contributed by atoms with van der Waals surface area (Å²) in [6.45, 7) is 2.71. The lowest BCUT2D eigenvalue weighted by atomic mass is 10.2. The van der Waals surface area contributed by atoms with Crippen molar-refractivity contribution >= 4 is 22.5 Å². The second-order valence-corrected chi connectivity index (χ2v) is 5.74. The molecule has 1 aromatic carbocycles. The summed E-state index contributed by atoms with van der Waals surface area (Å²) in [5.74, 6) is 1.60. The molecule has 0 aliphatic rings. The van der Waals surface area contributed by atoms with Crippen LogP contribution in [0.2, 0.25) is 5.02 Å². The minimum atomic E-state index is -0.0603. The first-order valence-corrected chi connectivity index (χ1v) is 7.46. The van der Waals surface area contributed by atoms with Crippen LogP contribution in [0.15, 0.2) is 45.8 Å². The molecule has 0 fully saturated rings. The van der Waals surface area contributed by atoms with Crippen LogP contribution in [0.4, 0.5) is 0 Å². The van der Waals surface area contributed by atoms with Crippen molar-refractivity contribution in [2.24, 2.45) is 7.05 Å². The highest BCUT2D eigenvalue weighted by atomic mass is 35.5. The van der Waals surface area contributed by atoms with E-state index in [0.717, 1.165) is 5.76 Å². The number of furan rings is 1. The Labute approximate surface area is 132 Å². The molecule has 0 spiro atoms. The van der Waals surface area contributed by atoms with Crippen LogP contribution >= 0.6 is 11.6 Å².